The van der Waals surface area contributed by atoms with E-state index >= 15 is 0 Å². The van der Waals surface area contributed by atoms with Crippen LogP contribution in [0.15, 0.2) is 18.6 Å². The fraction of sp³-hybridized carbons (Fsp3) is 0.688. The lowest BCUT2D eigenvalue weighted by Gasteiger charge is -2.40. The van der Waals surface area contributed by atoms with Crippen LogP contribution in [-0.2, 0) is 14.3 Å². The summed E-state index contributed by atoms with van der Waals surface area (Å²) in [5.41, 5.74) is -0.886. The third-order valence-electron chi connectivity index (χ3n) is 4.40. The van der Waals surface area contributed by atoms with Gasteiger partial charge in [-0.15, -0.1) is 0 Å². The lowest BCUT2D eigenvalue weighted by atomic mass is 9.76. The first kappa shape index (κ1) is 17.2. The number of aliphatic hydroxyl groups excluding tert-OH is 1. The Morgan fingerprint density at radius 1 is 1.38 bits per heavy atom. The van der Waals surface area contributed by atoms with Crippen molar-refractivity contribution in [3.8, 4) is 0 Å². The molecule has 0 spiro atoms. The largest absolute Gasteiger partial charge is 0.393 e. The second kappa shape index (κ2) is 7.52. The van der Waals surface area contributed by atoms with Gasteiger partial charge in [-0.05, 0) is 12.8 Å². The van der Waals surface area contributed by atoms with Crippen molar-refractivity contribution in [3.05, 3.63) is 24.3 Å². The molecule has 8 nitrogen and oxygen atoms in total. The molecule has 0 aromatic carbocycles. The summed E-state index contributed by atoms with van der Waals surface area (Å²) in [5, 5.41) is 22.4. The number of nitrogens with zero attached hydrogens (tertiary/aromatic N) is 2. The second-order valence-electron chi connectivity index (χ2n) is 6.35. The van der Waals surface area contributed by atoms with Crippen molar-refractivity contribution in [2.45, 2.75) is 56.1 Å². The predicted octanol–water partition coefficient (Wildman–Crippen LogP) is 0.0629. The maximum atomic E-state index is 12.3. The number of hydrogen-bond acceptors (Lipinski definition) is 7. The maximum Gasteiger partial charge on any atom is 0.252 e. The van der Waals surface area contributed by atoms with Crippen LogP contribution in [0.2, 0.25) is 0 Å². The number of rotatable bonds is 6. The summed E-state index contributed by atoms with van der Waals surface area (Å²) < 4.78 is 11.1. The lowest BCUT2D eigenvalue weighted by Crippen LogP contribution is -2.58. The Labute approximate surface area is 140 Å². The minimum Gasteiger partial charge on any atom is -0.393 e. The first-order valence-corrected chi connectivity index (χ1v) is 8.27. The highest BCUT2D eigenvalue weighted by Gasteiger charge is 2.48. The Balaban J connectivity index is 1.62. The van der Waals surface area contributed by atoms with Crippen LogP contribution in [0.25, 0.3) is 0 Å². The van der Waals surface area contributed by atoms with Crippen molar-refractivity contribution in [2.24, 2.45) is 0 Å². The molecule has 2 fully saturated rings. The number of aliphatic hydroxyl groups is 2. The van der Waals surface area contributed by atoms with Crippen molar-refractivity contribution >= 4 is 5.91 Å². The van der Waals surface area contributed by atoms with Gasteiger partial charge in [-0.2, -0.15) is 0 Å². The van der Waals surface area contributed by atoms with E-state index < -0.39 is 23.7 Å². The smallest absolute Gasteiger partial charge is 0.252 e. The van der Waals surface area contributed by atoms with Gasteiger partial charge in [0.15, 0.2) is 6.29 Å². The van der Waals surface area contributed by atoms with E-state index in [0.29, 0.717) is 31.7 Å². The fourth-order valence-corrected chi connectivity index (χ4v) is 2.99. The molecule has 1 saturated carbocycles. The van der Waals surface area contributed by atoms with Crippen LogP contribution in [0, 0.1) is 0 Å². The summed E-state index contributed by atoms with van der Waals surface area (Å²) in [7, 11) is 0. The topological polar surface area (TPSA) is 114 Å². The van der Waals surface area contributed by atoms with E-state index in [4.69, 9.17) is 9.47 Å². The van der Waals surface area contributed by atoms with Gasteiger partial charge in [-0.25, -0.2) is 0 Å². The molecule has 1 atom stereocenters. The fourth-order valence-electron chi connectivity index (χ4n) is 2.99. The third kappa shape index (κ3) is 4.07. The molecule has 1 amide bonds. The first-order chi connectivity index (χ1) is 11.6. The molecule has 2 aliphatic rings. The molecule has 2 heterocycles. The molecule has 1 aliphatic heterocycles. The zero-order chi connectivity index (χ0) is 17.0. The number of hydrogen-bond donors (Lipinski definition) is 3. The maximum absolute atomic E-state index is 12.3. The number of nitrogens with one attached hydrogen (secondary N) is 1. The zero-order valence-corrected chi connectivity index (χ0v) is 13.4. The molecule has 1 aromatic rings. The van der Waals surface area contributed by atoms with E-state index in [1.165, 1.54) is 0 Å². The van der Waals surface area contributed by atoms with E-state index in [2.05, 4.69) is 15.3 Å². The normalized spacial score (nSPS) is 28.8. The Morgan fingerprint density at radius 3 is 2.75 bits per heavy atom. The van der Waals surface area contributed by atoms with Gasteiger partial charge in [0, 0.05) is 31.7 Å². The lowest BCUT2D eigenvalue weighted by molar-refractivity contribution is -0.182. The van der Waals surface area contributed by atoms with Gasteiger partial charge in [0.25, 0.3) is 5.91 Å². The van der Waals surface area contributed by atoms with Gasteiger partial charge in [0.2, 0.25) is 0 Å². The minimum absolute atomic E-state index is 0.0564. The van der Waals surface area contributed by atoms with Crippen molar-refractivity contribution < 1.29 is 24.5 Å². The molecule has 1 aromatic heterocycles. The van der Waals surface area contributed by atoms with E-state index in [0.717, 1.165) is 6.42 Å². The summed E-state index contributed by atoms with van der Waals surface area (Å²) in [6.07, 6.45) is 5.94. The Bertz CT molecular complexity index is 544. The van der Waals surface area contributed by atoms with Crippen molar-refractivity contribution in [2.75, 3.05) is 13.2 Å². The summed E-state index contributed by atoms with van der Waals surface area (Å²) in [5.74, 6) is -0.492. The van der Waals surface area contributed by atoms with E-state index in [1.54, 1.807) is 18.6 Å². The average Bonchev–Trinajstić information content (AvgIpc) is 2.58. The highest BCUT2D eigenvalue weighted by atomic mass is 16.7. The molecule has 132 valence electrons. The van der Waals surface area contributed by atoms with Crippen molar-refractivity contribution in [1.29, 1.82) is 0 Å². The number of aromatic nitrogens is 2. The van der Waals surface area contributed by atoms with Crippen LogP contribution in [0.5, 0.6) is 0 Å². The van der Waals surface area contributed by atoms with E-state index in [1.807, 2.05) is 0 Å². The predicted molar refractivity (Wildman–Crippen MR) is 82.6 cm³/mol. The van der Waals surface area contributed by atoms with Crippen LogP contribution < -0.4 is 5.32 Å². The zero-order valence-electron chi connectivity index (χ0n) is 13.4. The van der Waals surface area contributed by atoms with Crippen LogP contribution in [-0.4, -0.2) is 57.3 Å². The Kier molecular flexibility index (Phi) is 5.40. The Hall–Kier alpha value is -1.61. The highest BCUT2D eigenvalue weighted by molar-refractivity contribution is 5.86. The van der Waals surface area contributed by atoms with Crippen LogP contribution in [0.3, 0.4) is 0 Å². The van der Waals surface area contributed by atoms with Crippen LogP contribution in [0.4, 0.5) is 0 Å². The molecule has 1 aliphatic carbocycles. The van der Waals surface area contributed by atoms with Crippen molar-refractivity contribution in [3.63, 3.8) is 0 Å². The summed E-state index contributed by atoms with van der Waals surface area (Å²) >= 11 is 0. The van der Waals surface area contributed by atoms with Crippen LogP contribution in [0.1, 0.15) is 43.8 Å². The molecular weight excluding hydrogens is 314 g/mol. The average molecular weight is 337 g/mol. The molecule has 3 rings (SSSR count). The monoisotopic (exact) mass is 337 g/mol. The highest BCUT2D eigenvalue weighted by Crippen LogP contribution is 2.33. The van der Waals surface area contributed by atoms with Crippen LogP contribution >= 0.6 is 0 Å². The molecule has 3 N–H and O–H groups in total. The number of amides is 1. The first-order valence-electron chi connectivity index (χ1n) is 8.27. The van der Waals surface area contributed by atoms with E-state index in [-0.39, 0.29) is 19.1 Å². The Morgan fingerprint density at radius 2 is 2.12 bits per heavy atom. The van der Waals surface area contributed by atoms with Gasteiger partial charge in [0.1, 0.15) is 5.60 Å². The van der Waals surface area contributed by atoms with Gasteiger partial charge < -0.3 is 25.0 Å². The van der Waals surface area contributed by atoms with Gasteiger partial charge in [-0.1, -0.05) is 0 Å². The van der Waals surface area contributed by atoms with Gasteiger partial charge in [0.05, 0.1) is 37.3 Å². The van der Waals surface area contributed by atoms with Crippen molar-refractivity contribution in [1.82, 2.24) is 15.3 Å². The molecule has 8 heteroatoms. The molecule has 1 unspecified atom stereocenters. The summed E-state index contributed by atoms with van der Waals surface area (Å²) in [6, 6.07) is -0.401. The number of carbonyl (C=O) groups is 1. The number of carbonyl (C=O) groups excluding carboxylic acids is 1. The standard InChI is InChI=1S/C16H23N3O5/c20-11-8-16(22,9-11)15(21)19-12(13-10-17-4-5-18-13)2-3-14-23-6-1-7-24-14/h4-5,10-12,14,20,22H,1-3,6-9H2,(H,19,21). The molecule has 0 bridgehead atoms. The summed E-state index contributed by atoms with van der Waals surface area (Å²) in [6.45, 7) is 1.34. The van der Waals surface area contributed by atoms with Gasteiger partial charge >= 0.3 is 0 Å². The second-order valence-corrected chi connectivity index (χ2v) is 6.35. The molecule has 24 heavy (non-hydrogen) atoms. The quantitative estimate of drug-likeness (QED) is 0.673. The molecular formula is C16H23N3O5. The minimum atomic E-state index is -1.50. The number of ether oxygens (including phenoxy) is 2. The summed E-state index contributed by atoms with van der Waals surface area (Å²) in [4.78, 5) is 20.6. The third-order valence-corrected chi connectivity index (χ3v) is 4.40. The SMILES string of the molecule is O=C(NC(CCC1OCCCO1)c1cnccn1)C1(O)CC(O)C1. The molecule has 1 saturated heterocycles. The molecule has 0 radical (unpaired) electrons. The van der Waals surface area contributed by atoms with E-state index in [9.17, 15) is 15.0 Å². The van der Waals surface area contributed by atoms with Gasteiger partial charge in [-0.3, -0.25) is 14.8 Å².